The summed E-state index contributed by atoms with van der Waals surface area (Å²) in [5, 5.41) is 6.87. The molecule has 1 aromatic heterocycles. The highest BCUT2D eigenvalue weighted by Crippen LogP contribution is 2.27. The first-order valence-corrected chi connectivity index (χ1v) is 5.75. The Balaban J connectivity index is 2.52. The van der Waals surface area contributed by atoms with E-state index in [1.807, 2.05) is 18.4 Å². The van der Waals surface area contributed by atoms with E-state index in [4.69, 9.17) is 0 Å². The van der Waals surface area contributed by atoms with Gasteiger partial charge in [0.1, 0.15) is 0 Å². The van der Waals surface area contributed by atoms with Crippen LogP contribution in [0.25, 0.3) is 10.1 Å². The van der Waals surface area contributed by atoms with Crippen LogP contribution in [-0.4, -0.2) is 7.05 Å². The van der Waals surface area contributed by atoms with E-state index in [-0.39, 0.29) is 0 Å². The summed E-state index contributed by atoms with van der Waals surface area (Å²) in [4.78, 5) is 0. The minimum atomic E-state index is 0.432. The van der Waals surface area contributed by atoms with E-state index in [0.717, 1.165) is 0 Å². The Morgan fingerprint density at radius 2 is 2.14 bits per heavy atom. The number of benzene rings is 1. The van der Waals surface area contributed by atoms with Crippen molar-refractivity contribution in [1.29, 1.82) is 0 Å². The van der Waals surface area contributed by atoms with Crippen LogP contribution in [0.15, 0.2) is 23.6 Å². The highest BCUT2D eigenvalue weighted by atomic mass is 32.1. The number of hydrogen-bond donors (Lipinski definition) is 1. The molecular weight excluding hydrogens is 190 g/mol. The van der Waals surface area contributed by atoms with Crippen LogP contribution in [0.1, 0.15) is 24.1 Å². The maximum absolute atomic E-state index is 3.26. The van der Waals surface area contributed by atoms with Crippen molar-refractivity contribution in [3.05, 3.63) is 34.7 Å². The predicted octanol–water partition coefficient (Wildman–Crippen LogP) is 3.49. The fraction of sp³-hybridized carbons (Fsp3) is 0.333. The van der Waals surface area contributed by atoms with Gasteiger partial charge in [-0.15, -0.1) is 11.3 Å². The van der Waals surface area contributed by atoms with E-state index in [1.165, 1.54) is 21.2 Å². The number of nitrogens with one attached hydrogen (secondary N) is 1. The third-order valence-corrected chi connectivity index (χ3v) is 3.79. The van der Waals surface area contributed by atoms with Crippen LogP contribution in [0.3, 0.4) is 0 Å². The van der Waals surface area contributed by atoms with Crippen molar-refractivity contribution in [2.75, 3.05) is 7.05 Å². The van der Waals surface area contributed by atoms with Gasteiger partial charge >= 0.3 is 0 Å². The maximum Gasteiger partial charge on any atom is 0.0348 e. The quantitative estimate of drug-likeness (QED) is 0.791. The lowest BCUT2D eigenvalue weighted by atomic mass is 10.1. The molecule has 74 valence electrons. The average molecular weight is 205 g/mol. The van der Waals surface area contributed by atoms with E-state index in [9.17, 15) is 0 Å². The van der Waals surface area contributed by atoms with Gasteiger partial charge in [0.05, 0.1) is 0 Å². The van der Waals surface area contributed by atoms with Crippen molar-refractivity contribution in [3.63, 3.8) is 0 Å². The summed E-state index contributed by atoms with van der Waals surface area (Å²) in [6.07, 6.45) is 0. The number of thiophene rings is 1. The molecule has 1 unspecified atom stereocenters. The zero-order valence-corrected chi connectivity index (χ0v) is 9.61. The molecule has 1 atom stereocenters. The minimum absolute atomic E-state index is 0.432. The Morgan fingerprint density at radius 1 is 1.36 bits per heavy atom. The molecule has 2 rings (SSSR count). The highest BCUT2D eigenvalue weighted by Gasteiger charge is 2.05. The second-order valence-electron chi connectivity index (χ2n) is 3.68. The third kappa shape index (κ3) is 1.56. The molecule has 0 saturated heterocycles. The molecule has 0 spiro atoms. The first-order chi connectivity index (χ1) is 6.72. The average Bonchev–Trinajstić information content (AvgIpc) is 2.59. The summed E-state index contributed by atoms with van der Waals surface area (Å²) in [6, 6.07) is 7.16. The van der Waals surface area contributed by atoms with E-state index in [1.54, 1.807) is 0 Å². The second-order valence-corrected chi connectivity index (χ2v) is 4.60. The molecule has 2 aromatic rings. The summed E-state index contributed by atoms with van der Waals surface area (Å²) in [5.41, 5.74) is 2.75. The number of hydrogen-bond acceptors (Lipinski definition) is 2. The molecular formula is C12H15NS. The first-order valence-electron chi connectivity index (χ1n) is 4.87. The van der Waals surface area contributed by atoms with Gasteiger partial charge < -0.3 is 5.32 Å². The van der Waals surface area contributed by atoms with Gasteiger partial charge in [0, 0.05) is 10.7 Å². The van der Waals surface area contributed by atoms with Crippen LogP contribution in [0, 0.1) is 6.92 Å². The van der Waals surface area contributed by atoms with Crippen LogP contribution >= 0.6 is 11.3 Å². The summed E-state index contributed by atoms with van der Waals surface area (Å²) >= 11 is 1.83. The monoisotopic (exact) mass is 205 g/mol. The van der Waals surface area contributed by atoms with E-state index in [2.05, 4.69) is 42.7 Å². The molecule has 1 heterocycles. The molecule has 0 aliphatic carbocycles. The van der Waals surface area contributed by atoms with Crippen LogP contribution in [0.2, 0.25) is 0 Å². The molecule has 0 amide bonds. The summed E-state index contributed by atoms with van der Waals surface area (Å²) in [5.74, 6) is 0. The zero-order valence-electron chi connectivity index (χ0n) is 8.79. The fourth-order valence-electron chi connectivity index (χ4n) is 1.61. The van der Waals surface area contributed by atoms with E-state index >= 15 is 0 Å². The third-order valence-electron chi connectivity index (χ3n) is 2.73. The highest BCUT2D eigenvalue weighted by molar-refractivity contribution is 7.17. The van der Waals surface area contributed by atoms with Gasteiger partial charge in [0.2, 0.25) is 0 Å². The smallest absolute Gasteiger partial charge is 0.0348 e. The molecule has 1 nitrogen and oxygen atoms in total. The molecule has 1 N–H and O–H groups in total. The van der Waals surface area contributed by atoms with E-state index < -0.39 is 0 Å². The molecule has 0 saturated carbocycles. The van der Waals surface area contributed by atoms with Gasteiger partial charge in [-0.1, -0.05) is 12.1 Å². The van der Waals surface area contributed by atoms with Crippen molar-refractivity contribution >= 4 is 21.4 Å². The van der Waals surface area contributed by atoms with Crippen LogP contribution in [0.4, 0.5) is 0 Å². The normalized spacial score (nSPS) is 13.4. The summed E-state index contributed by atoms with van der Waals surface area (Å²) in [7, 11) is 1.99. The van der Waals surface area contributed by atoms with Gasteiger partial charge in [-0.2, -0.15) is 0 Å². The molecule has 0 aliphatic heterocycles. The SMILES string of the molecule is CNC(C)c1ccc2c(C)csc2c1. The number of aryl methyl sites for hydroxylation is 1. The van der Waals surface area contributed by atoms with Gasteiger partial charge in [-0.3, -0.25) is 0 Å². The van der Waals surface area contributed by atoms with Gasteiger partial charge in [-0.05, 0) is 48.9 Å². The van der Waals surface area contributed by atoms with Crippen LogP contribution in [-0.2, 0) is 0 Å². The number of fused-ring (bicyclic) bond motifs is 1. The molecule has 0 bridgehead atoms. The van der Waals surface area contributed by atoms with Crippen LogP contribution < -0.4 is 5.32 Å². The van der Waals surface area contributed by atoms with Crippen molar-refractivity contribution < 1.29 is 0 Å². The Bertz CT molecular complexity index is 445. The van der Waals surface area contributed by atoms with Crippen molar-refractivity contribution in [1.82, 2.24) is 5.32 Å². The van der Waals surface area contributed by atoms with Gasteiger partial charge in [0.25, 0.3) is 0 Å². The standard InChI is InChI=1S/C12H15NS/c1-8-7-14-12-6-10(9(2)13-3)4-5-11(8)12/h4-7,9,13H,1-3H3. The Hall–Kier alpha value is -0.860. The second kappa shape index (κ2) is 3.71. The molecule has 2 heteroatoms. The topological polar surface area (TPSA) is 12.0 Å². The molecule has 1 aromatic carbocycles. The lowest BCUT2D eigenvalue weighted by Crippen LogP contribution is -2.11. The first kappa shape index (κ1) is 9.69. The molecule has 14 heavy (non-hydrogen) atoms. The van der Waals surface area contributed by atoms with Gasteiger partial charge in [-0.25, -0.2) is 0 Å². The zero-order chi connectivity index (χ0) is 10.1. The lowest BCUT2D eigenvalue weighted by Gasteiger charge is -2.10. The lowest BCUT2D eigenvalue weighted by molar-refractivity contribution is 0.653. The van der Waals surface area contributed by atoms with Crippen LogP contribution in [0.5, 0.6) is 0 Å². The fourth-order valence-corrected chi connectivity index (χ4v) is 2.60. The largest absolute Gasteiger partial charge is 0.313 e. The Kier molecular flexibility index (Phi) is 2.57. The summed E-state index contributed by atoms with van der Waals surface area (Å²) < 4.78 is 1.39. The van der Waals surface area contributed by atoms with Gasteiger partial charge in [0.15, 0.2) is 0 Å². The van der Waals surface area contributed by atoms with Crippen molar-refractivity contribution in [3.8, 4) is 0 Å². The number of rotatable bonds is 2. The molecule has 0 aliphatic rings. The van der Waals surface area contributed by atoms with Crippen molar-refractivity contribution in [2.24, 2.45) is 0 Å². The predicted molar refractivity (Wildman–Crippen MR) is 64.0 cm³/mol. The minimum Gasteiger partial charge on any atom is -0.313 e. The van der Waals surface area contributed by atoms with E-state index in [0.29, 0.717) is 6.04 Å². The molecule has 0 fully saturated rings. The Labute approximate surface area is 88.8 Å². The van der Waals surface area contributed by atoms with Crippen molar-refractivity contribution in [2.45, 2.75) is 19.9 Å². The Morgan fingerprint density at radius 3 is 2.86 bits per heavy atom. The molecule has 0 radical (unpaired) electrons. The maximum atomic E-state index is 3.26. The summed E-state index contributed by atoms with van der Waals surface area (Å²) in [6.45, 7) is 4.35.